The van der Waals surface area contributed by atoms with Gasteiger partial charge >= 0.3 is 0 Å². The molecule has 3 nitrogen and oxygen atoms in total. The van der Waals surface area contributed by atoms with E-state index in [4.69, 9.17) is 4.99 Å². The van der Waals surface area contributed by atoms with Gasteiger partial charge in [0.1, 0.15) is 5.84 Å². The number of amidine groups is 1. The molecule has 1 spiro atoms. The molecule has 1 N–H and O–H groups in total. The van der Waals surface area contributed by atoms with Crippen molar-refractivity contribution in [1.29, 1.82) is 0 Å². The lowest BCUT2D eigenvalue weighted by Crippen LogP contribution is -2.43. The van der Waals surface area contributed by atoms with E-state index < -0.39 is 0 Å². The number of rotatable bonds is 2. The SMILES string of the molecule is c1ccc(CN=C2Nc3cnccc3CC23CCCCC3)cc1. The van der Waals surface area contributed by atoms with Gasteiger partial charge < -0.3 is 5.32 Å². The summed E-state index contributed by atoms with van der Waals surface area (Å²) in [4.78, 5) is 9.27. The van der Waals surface area contributed by atoms with E-state index in [9.17, 15) is 0 Å². The Labute approximate surface area is 137 Å². The number of hydrogen-bond acceptors (Lipinski definition) is 2. The van der Waals surface area contributed by atoms with Crippen LogP contribution < -0.4 is 5.32 Å². The van der Waals surface area contributed by atoms with Crippen LogP contribution in [0.15, 0.2) is 53.8 Å². The van der Waals surface area contributed by atoms with Gasteiger partial charge in [-0.15, -0.1) is 0 Å². The van der Waals surface area contributed by atoms with Crippen LogP contribution >= 0.6 is 0 Å². The Bertz CT molecular complexity index is 700. The average Bonchev–Trinajstić information content (AvgIpc) is 2.61. The van der Waals surface area contributed by atoms with E-state index >= 15 is 0 Å². The largest absolute Gasteiger partial charge is 0.342 e. The first-order chi connectivity index (χ1) is 11.4. The Kier molecular flexibility index (Phi) is 3.86. The van der Waals surface area contributed by atoms with Crippen LogP contribution in [0.1, 0.15) is 43.2 Å². The maximum atomic E-state index is 5.01. The van der Waals surface area contributed by atoms with Gasteiger partial charge in [0.25, 0.3) is 0 Å². The molecule has 0 unspecified atom stereocenters. The summed E-state index contributed by atoms with van der Waals surface area (Å²) in [5.74, 6) is 1.18. The third kappa shape index (κ3) is 2.88. The highest BCUT2D eigenvalue weighted by molar-refractivity contribution is 6.02. The molecule has 0 saturated heterocycles. The van der Waals surface area contributed by atoms with Gasteiger partial charge in [-0.1, -0.05) is 49.6 Å². The Morgan fingerprint density at radius 3 is 2.70 bits per heavy atom. The standard InChI is InChI=1S/C20H23N3/c1-3-7-16(8-4-1)14-22-19-20(10-5-2-6-11-20)13-17-9-12-21-15-18(17)23-19/h1,3-4,7-9,12,15H,2,5-6,10-11,13-14H2,(H,22,23). The van der Waals surface area contributed by atoms with Crippen molar-refractivity contribution in [2.45, 2.75) is 45.1 Å². The van der Waals surface area contributed by atoms with E-state index in [1.165, 1.54) is 49.1 Å². The van der Waals surface area contributed by atoms with Crippen LogP contribution in [0, 0.1) is 5.41 Å². The molecule has 118 valence electrons. The topological polar surface area (TPSA) is 37.3 Å². The molecular formula is C20H23N3. The second-order valence-electron chi connectivity index (χ2n) is 6.83. The van der Waals surface area contributed by atoms with Crippen molar-refractivity contribution < 1.29 is 0 Å². The predicted molar refractivity (Wildman–Crippen MR) is 94.7 cm³/mol. The zero-order valence-electron chi connectivity index (χ0n) is 13.5. The molecule has 0 bridgehead atoms. The summed E-state index contributed by atoms with van der Waals surface area (Å²) in [6.07, 6.45) is 11.4. The van der Waals surface area contributed by atoms with Gasteiger partial charge in [-0.25, -0.2) is 0 Å². The van der Waals surface area contributed by atoms with Gasteiger partial charge in [0.05, 0.1) is 18.4 Å². The number of anilines is 1. The summed E-state index contributed by atoms with van der Waals surface area (Å²) in [5.41, 5.74) is 4.00. The number of aliphatic imine (C=N–C) groups is 1. The third-order valence-corrected chi connectivity index (χ3v) is 5.27. The van der Waals surface area contributed by atoms with Crippen molar-refractivity contribution >= 4 is 11.5 Å². The first kappa shape index (κ1) is 14.4. The normalized spacial score (nSPS) is 21.0. The molecule has 4 rings (SSSR count). The van der Waals surface area contributed by atoms with Crippen LogP contribution in [-0.4, -0.2) is 10.8 Å². The van der Waals surface area contributed by atoms with Gasteiger partial charge in [-0.2, -0.15) is 0 Å². The van der Waals surface area contributed by atoms with E-state index in [0.29, 0.717) is 0 Å². The first-order valence-corrected chi connectivity index (χ1v) is 8.65. The second-order valence-corrected chi connectivity index (χ2v) is 6.83. The summed E-state index contributed by atoms with van der Waals surface area (Å²) in [7, 11) is 0. The maximum Gasteiger partial charge on any atom is 0.108 e. The third-order valence-electron chi connectivity index (χ3n) is 5.27. The molecule has 1 aliphatic heterocycles. The van der Waals surface area contributed by atoms with E-state index in [2.05, 4.69) is 46.7 Å². The Morgan fingerprint density at radius 1 is 1.04 bits per heavy atom. The van der Waals surface area contributed by atoms with Crippen molar-refractivity contribution in [3.63, 3.8) is 0 Å². The molecule has 2 aliphatic rings. The lowest BCUT2D eigenvalue weighted by Gasteiger charge is -2.42. The Balaban J connectivity index is 1.67. The van der Waals surface area contributed by atoms with Crippen LogP contribution in [0.2, 0.25) is 0 Å². The van der Waals surface area contributed by atoms with Gasteiger partial charge in [-0.05, 0) is 36.5 Å². The number of nitrogens with zero attached hydrogens (tertiary/aromatic N) is 2. The summed E-state index contributed by atoms with van der Waals surface area (Å²) < 4.78 is 0. The molecule has 0 atom stereocenters. The zero-order valence-corrected chi connectivity index (χ0v) is 13.5. The van der Waals surface area contributed by atoms with Gasteiger partial charge in [0, 0.05) is 11.6 Å². The number of hydrogen-bond donors (Lipinski definition) is 1. The second kappa shape index (κ2) is 6.15. The first-order valence-electron chi connectivity index (χ1n) is 8.65. The van der Waals surface area contributed by atoms with Gasteiger partial charge in [0.2, 0.25) is 0 Å². The smallest absolute Gasteiger partial charge is 0.108 e. The van der Waals surface area contributed by atoms with Crippen molar-refractivity contribution in [3.8, 4) is 0 Å². The quantitative estimate of drug-likeness (QED) is 0.880. The maximum absolute atomic E-state index is 5.01. The Morgan fingerprint density at radius 2 is 1.87 bits per heavy atom. The lowest BCUT2D eigenvalue weighted by molar-refractivity contribution is 0.278. The predicted octanol–water partition coefficient (Wildman–Crippen LogP) is 4.60. The summed E-state index contributed by atoms with van der Waals surface area (Å²) >= 11 is 0. The minimum atomic E-state index is 0.210. The van der Waals surface area contributed by atoms with Crippen molar-refractivity contribution in [2.24, 2.45) is 10.4 Å². The molecule has 2 heterocycles. The van der Waals surface area contributed by atoms with Crippen LogP contribution in [-0.2, 0) is 13.0 Å². The van der Waals surface area contributed by atoms with E-state index in [1.807, 2.05) is 12.4 Å². The van der Waals surface area contributed by atoms with Crippen molar-refractivity contribution in [1.82, 2.24) is 4.98 Å². The Hall–Kier alpha value is -2.16. The molecule has 3 heteroatoms. The van der Waals surface area contributed by atoms with Crippen LogP contribution in [0.3, 0.4) is 0 Å². The fraction of sp³-hybridized carbons (Fsp3) is 0.400. The molecule has 1 aliphatic carbocycles. The zero-order chi connectivity index (χ0) is 15.5. The summed E-state index contributed by atoms with van der Waals surface area (Å²) in [6.45, 7) is 0.751. The molecule has 0 radical (unpaired) electrons. The summed E-state index contributed by atoms with van der Waals surface area (Å²) in [6, 6.07) is 12.7. The van der Waals surface area contributed by atoms with Crippen molar-refractivity contribution in [3.05, 3.63) is 59.9 Å². The highest BCUT2D eigenvalue weighted by Crippen LogP contribution is 2.44. The van der Waals surface area contributed by atoms with E-state index in [0.717, 1.165) is 18.7 Å². The van der Waals surface area contributed by atoms with Crippen LogP contribution in [0.4, 0.5) is 5.69 Å². The molecule has 0 amide bonds. The molecule has 1 aromatic carbocycles. The van der Waals surface area contributed by atoms with Gasteiger partial charge in [-0.3, -0.25) is 9.98 Å². The number of nitrogens with one attached hydrogen (secondary N) is 1. The average molecular weight is 305 g/mol. The van der Waals surface area contributed by atoms with E-state index in [1.54, 1.807) is 0 Å². The monoisotopic (exact) mass is 305 g/mol. The minimum absolute atomic E-state index is 0.210. The fourth-order valence-electron chi connectivity index (χ4n) is 4.00. The van der Waals surface area contributed by atoms with Crippen molar-refractivity contribution in [2.75, 3.05) is 5.32 Å². The molecule has 1 fully saturated rings. The number of aromatic nitrogens is 1. The highest BCUT2D eigenvalue weighted by atomic mass is 15.0. The molecule has 2 aromatic rings. The minimum Gasteiger partial charge on any atom is -0.342 e. The molecule has 1 aromatic heterocycles. The molecule has 1 saturated carbocycles. The number of fused-ring (bicyclic) bond motifs is 1. The lowest BCUT2D eigenvalue weighted by atomic mass is 9.67. The number of pyridine rings is 1. The van der Waals surface area contributed by atoms with Crippen LogP contribution in [0.25, 0.3) is 0 Å². The highest BCUT2D eigenvalue weighted by Gasteiger charge is 2.40. The van der Waals surface area contributed by atoms with E-state index in [-0.39, 0.29) is 5.41 Å². The summed E-state index contributed by atoms with van der Waals surface area (Å²) in [5, 5.41) is 3.62. The fourth-order valence-corrected chi connectivity index (χ4v) is 4.00. The number of benzene rings is 1. The molecular weight excluding hydrogens is 282 g/mol. The molecule has 23 heavy (non-hydrogen) atoms. The van der Waals surface area contributed by atoms with Gasteiger partial charge in [0.15, 0.2) is 0 Å². The van der Waals surface area contributed by atoms with Crippen LogP contribution in [0.5, 0.6) is 0 Å².